The lowest BCUT2D eigenvalue weighted by molar-refractivity contribution is 0.199. The highest BCUT2D eigenvalue weighted by Gasteiger charge is 2.22. The van der Waals surface area contributed by atoms with Gasteiger partial charge in [-0.15, -0.1) is 0 Å². The molecule has 2 aromatic heterocycles. The summed E-state index contributed by atoms with van der Waals surface area (Å²) in [5, 5.41) is 19.2. The van der Waals surface area contributed by atoms with Crippen molar-refractivity contribution in [3.63, 3.8) is 0 Å². The lowest BCUT2D eigenvalue weighted by Crippen LogP contribution is -2.46. The van der Waals surface area contributed by atoms with Gasteiger partial charge in [0, 0.05) is 32.2 Å². The largest absolute Gasteiger partial charge is 0.502 e. The Morgan fingerprint density at radius 3 is 2.46 bits per heavy atom. The Balaban J connectivity index is 1.48. The van der Waals surface area contributed by atoms with E-state index < -0.39 is 11.2 Å². The first-order chi connectivity index (χ1) is 13.5. The summed E-state index contributed by atoms with van der Waals surface area (Å²) in [5.74, 6) is 0.830. The van der Waals surface area contributed by atoms with Crippen molar-refractivity contribution in [2.24, 2.45) is 0 Å². The number of aliphatic hydroxyl groups excluding tert-OH is 1. The first-order valence-corrected chi connectivity index (χ1v) is 9.21. The number of aromatic hydroxyl groups is 1. The van der Waals surface area contributed by atoms with E-state index in [1.165, 1.54) is 0 Å². The van der Waals surface area contributed by atoms with Gasteiger partial charge in [-0.1, -0.05) is 12.1 Å². The highest BCUT2D eigenvalue weighted by atomic mass is 16.4. The van der Waals surface area contributed by atoms with Crippen LogP contribution in [-0.4, -0.2) is 51.3 Å². The van der Waals surface area contributed by atoms with Gasteiger partial charge in [0.1, 0.15) is 12.4 Å². The molecule has 0 saturated carbocycles. The smallest absolute Gasteiger partial charge is 0.227 e. The molecule has 0 amide bonds. The predicted octanol–water partition coefficient (Wildman–Crippen LogP) is 1.41. The summed E-state index contributed by atoms with van der Waals surface area (Å²) in [4.78, 5) is 25.5. The van der Waals surface area contributed by atoms with E-state index in [4.69, 9.17) is 9.40 Å². The minimum Gasteiger partial charge on any atom is -0.502 e. The molecular weight excluding hydrogens is 360 g/mol. The van der Waals surface area contributed by atoms with Crippen LogP contribution in [0, 0.1) is 6.92 Å². The van der Waals surface area contributed by atoms with E-state index in [9.17, 15) is 15.0 Å². The maximum absolute atomic E-state index is 11.8. The molecule has 1 aromatic carbocycles. The summed E-state index contributed by atoms with van der Waals surface area (Å²) >= 11 is 0. The van der Waals surface area contributed by atoms with E-state index in [1.54, 1.807) is 0 Å². The molecule has 2 N–H and O–H groups in total. The van der Waals surface area contributed by atoms with Crippen molar-refractivity contribution in [2.75, 3.05) is 31.1 Å². The van der Waals surface area contributed by atoms with Crippen molar-refractivity contribution >= 4 is 16.9 Å². The third-order valence-electron chi connectivity index (χ3n) is 4.96. The number of benzene rings is 1. The van der Waals surface area contributed by atoms with Crippen LogP contribution in [-0.2, 0) is 13.2 Å². The molecule has 28 heavy (non-hydrogen) atoms. The fraction of sp³-hybridized carbons (Fsp3) is 0.350. The Morgan fingerprint density at radius 2 is 1.79 bits per heavy atom. The predicted molar refractivity (Wildman–Crippen MR) is 104 cm³/mol. The summed E-state index contributed by atoms with van der Waals surface area (Å²) in [6.07, 6.45) is 0. The van der Waals surface area contributed by atoms with Crippen LogP contribution in [0.25, 0.3) is 11.0 Å². The summed E-state index contributed by atoms with van der Waals surface area (Å²) in [6.45, 7) is 4.84. The second-order valence-corrected chi connectivity index (χ2v) is 6.89. The van der Waals surface area contributed by atoms with E-state index >= 15 is 0 Å². The van der Waals surface area contributed by atoms with Crippen molar-refractivity contribution in [1.29, 1.82) is 0 Å². The Hall–Kier alpha value is -2.97. The number of aliphatic hydroxyl groups is 1. The van der Waals surface area contributed by atoms with Gasteiger partial charge >= 0.3 is 0 Å². The molecule has 1 aliphatic heterocycles. The molecule has 0 atom stereocenters. The fourth-order valence-corrected chi connectivity index (χ4v) is 3.47. The monoisotopic (exact) mass is 382 g/mol. The van der Waals surface area contributed by atoms with Gasteiger partial charge in [-0.25, -0.2) is 9.97 Å². The van der Waals surface area contributed by atoms with Crippen molar-refractivity contribution in [3.05, 3.63) is 57.8 Å². The zero-order valence-electron chi connectivity index (χ0n) is 15.6. The normalized spacial score (nSPS) is 15.3. The molecule has 146 valence electrons. The van der Waals surface area contributed by atoms with Gasteiger partial charge in [0.2, 0.25) is 11.2 Å². The molecule has 0 bridgehead atoms. The standard InChI is InChI=1S/C20H22N4O4/c1-13-20(22-16-5-3-2-4-15(16)21-13)24-8-6-23(7-9-24)11-18-19(27)17(26)10-14(12-25)28-18/h2-5,10,25,27H,6-9,11-12H2,1H3. The number of para-hydroxylation sites is 2. The zero-order valence-corrected chi connectivity index (χ0v) is 15.6. The number of aryl methyl sites for hydroxylation is 1. The van der Waals surface area contributed by atoms with Crippen LogP contribution >= 0.6 is 0 Å². The van der Waals surface area contributed by atoms with Gasteiger partial charge in [-0.3, -0.25) is 9.69 Å². The van der Waals surface area contributed by atoms with Crippen LogP contribution in [0.1, 0.15) is 17.2 Å². The van der Waals surface area contributed by atoms with Crippen LogP contribution in [0.5, 0.6) is 5.75 Å². The average Bonchev–Trinajstić information content (AvgIpc) is 2.71. The number of piperazine rings is 1. The zero-order chi connectivity index (χ0) is 19.7. The van der Waals surface area contributed by atoms with Crippen LogP contribution in [0.4, 0.5) is 5.82 Å². The second-order valence-electron chi connectivity index (χ2n) is 6.89. The molecule has 0 unspecified atom stereocenters. The van der Waals surface area contributed by atoms with Crippen LogP contribution in [0.3, 0.4) is 0 Å². The van der Waals surface area contributed by atoms with Crippen molar-refractivity contribution in [3.8, 4) is 5.75 Å². The molecule has 1 aliphatic rings. The van der Waals surface area contributed by atoms with Gasteiger partial charge < -0.3 is 19.5 Å². The third kappa shape index (κ3) is 3.56. The maximum Gasteiger partial charge on any atom is 0.227 e. The Morgan fingerprint density at radius 1 is 1.11 bits per heavy atom. The van der Waals surface area contributed by atoms with Crippen LogP contribution in [0.2, 0.25) is 0 Å². The number of aromatic nitrogens is 2. The highest BCUT2D eigenvalue weighted by molar-refractivity contribution is 5.76. The average molecular weight is 382 g/mol. The van der Waals surface area contributed by atoms with Gasteiger partial charge in [0.05, 0.1) is 23.3 Å². The fourth-order valence-electron chi connectivity index (χ4n) is 3.47. The van der Waals surface area contributed by atoms with Gasteiger partial charge in [0.25, 0.3) is 0 Å². The van der Waals surface area contributed by atoms with E-state index in [0.29, 0.717) is 6.54 Å². The topological polar surface area (TPSA) is 103 Å². The van der Waals surface area contributed by atoms with Crippen molar-refractivity contribution in [2.45, 2.75) is 20.1 Å². The molecule has 1 fully saturated rings. The number of fused-ring (bicyclic) bond motifs is 1. The molecule has 0 aliphatic carbocycles. The molecule has 1 saturated heterocycles. The van der Waals surface area contributed by atoms with Gasteiger partial charge in [-0.2, -0.15) is 0 Å². The quantitative estimate of drug-likeness (QED) is 0.698. The molecule has 8 heteroatoms. The Bertz CT molecular complexity index is 1060. The number of hydrogen-bond acceptors (Lipinski definition) is 8. The summed E-state index contributed by atoms with van der Waals surface area (Å²) in [7, 11) is 0. The number of hydrogen-bond donors (Lipinski definition) is 2. The molecule has 8 nitrogen and oxygen atoms in total. The molecule has 0 spiro atoms. The first-order valence-electron chi connectivity index (χ1n) is 9.21. The highest BCUT2D eigenvalue weighted by Crippen LogP contribution is 2.22. The summed E-state index contributed by atoms with van der Waals surface area (Å²) < 4.78 is 5.44. The molecule has 4 rings (SSSR count). The van der Waals surface area contributed by atoms with E-state index in [0.717, 1.165) is 54.8 Å². The molecular formula is C20H22N4O4. The Labute approximate surface area is 161 Å². The number of nitrogens with zero attached hydrogens (tertiary/aromatic N) is 4. The molecule has 3 aromatic rings. The Kier molecular flexibility index (Phi) is 4.97. The number of anilines is 1. The van der Waals surface area contributed by atoms with Crippen molar-refractivity contribution in [1.82, 2.24) is 14.9 Å². The minimum atomic E-state index is -0.536. The van der Waals surface area contributed by atoms with E-state index in [2.05, 4.69) is 14.8 Å². The van der Waals surface area contributed by atoms with Gasteiger partial charge in [-0.05, 0) is 19.1 Å². The van der Waals surface area contributed by atoms with E-state index in [-0.39, 0.29) is 18.1 Å². The SMILES string of the molecule is Cc1nc2ccccc2nc1N1CCN(Cc2oc(CO)cc(=O)c2O)CC1. The summed E-state index contributed by atoms with van der Waals surface area (Å²) in [5.41, 5.74) is 2.12. The third-order valence-corrected chi connectivity index (χ3v) is 4.96. The first kappa shape index (κ1) is 18.4. The minimum absolute atomic E-state index is 0.151. The molecule has 3 heterocycles. The lowest BCUT2D eigenvalue weighted by Gasteiger charge is -2.35. The van der Waals surface area contributed by atoms with E-state index in [1.807, 2.05) is 31.2 Å². The molecule has 0 radical (unpaired) electrons. The number of rotatable bonds is 4. The van der Waals surface area contributed by atoms with Crippen LogP contribution < -0.4 is 10.3 Å². The van der Waals surface area contributed by atoms with Crippen LogP contribution in [0.15, 0.2) is 39.5 Å². The van der Waals surface area contributed by atoms with Crippen molar-refractivity contribution < 1.29 is 14.6 Å². The van der Waals surface area contributed by atoms with Gasteiger partial charge in [0.15, 0.2) is 11.6 Å². The lowest BCUT2D eigenvalue weighted by atomic mass is 10.2. The second kappa shape index (κ2) is 7.57. The maximum atomic E-state index is 11.8. The summed E-state index contributed by atoms with van der Waals surface area (Å²) in [6, 6.07) is 8.93.